The summed E-state index contributed by atoms with van der Waals surface area (Å²) in [6, 6.07) is 14.8. The number of anilines is 1. The molecule has 0 fully saturated rings. The molecule has 2 rings (SSSR count). The van der Waals surface area contributed by atoms with E-state index in [9.17, 15) is 0 Å². The average Bonchev–Trinajstić information content (AvgIpc) is 2.52. The van der Waals surface area contributed by atoms with Gasteiger partial charge >= 0.3 is 0 Å². The molecule has 2 heteroatoms. The van der Waals surface area contributed by atoms with Crippen molar-refractivity contribution in [1.82, 2.24) is 0 Å². The second kappa shape index (κ2) is 7.72. The molecule has 0 saturated carbocycles. The van der Waals surface area contributed by atoms with Crippen LogP contribution in [-0.4, -0.2) is 6.61 Å². The lowest BCUT2D eigenvalue weighted by molar-refractivity contribution is 0.317. The monoisotopic (exact) mass is 283 g/mol. The Kier molecular flexibility index (Phi) is 5.68. The summed E-state index contributed by atoms with van der Waals surface area (Å²) in [5.41, 5.74) is 5.18. The van der Waals surface area contributed by atoms with Crippen LogP contribution >= 0.6 is 0 Å². The summed E-state index contributed by atoms with van der Waals surface area (Å²) in [4.78, 5) is 0. The summed E-state index contributed by atoms with van der Waals surface area (Å²) in [6.07, 6.45) is 2.08. The van der Waals surface area contributed by atoms with Gasteiger partial charge in [-0.2, -0.15) is 0 Å². The number of hydrogen-bond donors (Lipinski definition) is 1. The third-order valence-corrected chi connectivity index (χ3v) is 3.58. The second-order valence-corrected chi connectivity index (χ2v) is 5.31. The summed E-state index contributed by atoms with van der Waals surface area (Å²) >= 11 is 0. The normalized spacial score (nSPS) is 10.4. The van der Waals surface area contributed by atoms with Gasteiger partial charge in [0.1, 0.15) is 5.75 Å². The van der Waals surface area contributed by atoms with Crippen molar-refractivity contribution in [2.45, 2.75) is 40.2 Å². The number of hydrogen-bond acceptors (Lipinski definition) is 2. The van der Waals surface area contributed by atoms with Gasteiger partial charge in [0.05, 0.1) is 6.61 Å². The fraction of sp³-hybridized carbons (Fsp3) is 0.368. The first kappa shape index (κ1) is 15.4. The summed E-state index contributed by atoms with van der Waals surface area (Å²) in [7, 11) is 0. The van der Waals surface area contributed by atoms with Gasteiger partial charge in [-0.05, 0) is 48.6 Å². The quantitative estimate of drug-likeness (QED) is 0.775. The van der Waals surface area contributed by atoms with E-state index in [0.717, 1.165) is 31.7 Å². The molecule has 0 radical (unpaired) electrons. The number of aryl methyl sites for hydroxylation is 2. The summed E-state index contributed by atoms with van der Waals surface area (Å²) < 4.78 is 5.69. The molecule has 0 aliphatic heterocycles. The molecule has 1 N–H and O–H groups in total. The Morgan fingerprint density at radius 2 is 1.86 bits per heavy atom. The Morgan fingerprint density at radius 1 is 1.05 bits per heavy atom. The number of rotatable bonds is 7. The highest BCUT2D eigenvalue weighted by molar-refractivity contribution is 5.57. The van der Waals surface area contributed by atoms with Crippen LogP contribution in [0.15, 0.2) is 42.5 Å². The molecule has 0 bridgehead atoms. The van der Waals surface area contributed by atoms with Crippen LogP contribution in [0.25, 0.3) is 0 Å². The molecular formula is C19H25NO. The van der Waals surface area contributed by atoms with Crippen LogP contribution in [-0.2, 0) is 13.0 Å². The first-order chi connectivity index (χ1) is 10.2. The number of nitrogens with one attached hydrogen (secondary N) is 1. The average molecular weight is 283 g/mol. The van der Waals surface area contributed by atoms with Gasteiger partial charge in [0.15, 0.2) is 0 Å². The van der Waals surface area contributed by atoms with E-state index in [4.69, 9.17) is 4.74 Å². The Bertz CT molecular complexity index is 578. The topological polar surface area (TPSA) is 21.3 Å². The van der Waals surface area contributed by atoms with Gasteiger partial charge in [0, 0.05) is 12.2 Å². The van der Waals surface area contributed by atoms with E-state index in [1.165, 1.54) is 22.4 Å². The first-order valence-electron chi connectivity index (χ1n) is 7.78. The molecule has 0 aliphatic rings. The first-order valence-corrected chi connectivity index (χ1v) is 7.78. The largest absolute Gasteiger partial charge is 0.494 e. The summed E-state index contributed by atoms with van der Waals surface area (Å²) in [5.74, 6) is 0.955. The van der Waals surface area contributed by atoms with Gasteiger partial charge in [0.2, 0.25) is 0 Å². The van der Waals surface area contributed by atoms with E-state index < -0.39 is 0 Å². The van der Waals surface area contributed by atoms with E-state index in [2.05, 4.69) is 62.5 Å². The molecule has 21 heavy (non-hydrogen) atoms. The minimum absolute atomic E-state index is 0.772. The molecule has 112 valence electrons. The van der Waals surface area contributed by atoms with Crippen molar-refractivity contribution in [1.29, 1.82) is 0 Å². The van der Waals surface area contributed by atoms with Crippen LogP contribution in [0.4, 0.5) is 5.69 Å². The van der Waals surface area contributed by atoms with Crippen LogP contribution in [0.1, 0.15) is 37.0 Å². The molecule has 0 aliphatic carbocycles. The highest BCUT2D eigenvalue weighted by Gasteiger charge is 2.04. The fourth-order valence-electron chi connectivity index (χ4n) is 2.43. The summed E-state index contributed by atoms with van der Waals surface area (Å²) in [5, 5.41) is 3.58. The van der Waals surface area contributed by atoms with Gasteiger partial charge in [-0.3, -0.25) is 0 Å². The molecule has 0 atom stereocenters. The van der Waals surface area contributed by atoms with Crippen molar-refractivity contribution >= 4 is 5.69 Å². The van der Waals surface area contributed by atoms with Crippen LogP contribution in [0.3, 0.4) is 0 Å². The van der Waals surface area contributed by atoms with Crippen molar-refractivity contribution in [3.8, 4) is 5.75 Å². The Hall–Kier alpha value is -1.96. The lowest BCUT2D eigenvalue weighted by Crippen LogP contribution is -2.04. The molecule has 2 nitrogen and oxygen atoms in total. The second-order valence-electron chi connectivity index (χ2n) is 5.31. The Balaban J connectivity index is 2.06. The molecule has 0 amide bonds. The van der Waals surface area contributed by atoms with E-state index in [0.29, 0.717) is 0 Å². The van der Waals surface area contributed by atoms with Crippen molar-refractivity contribution < 1.29 is 4.74 Å². The standard InChI is InChI=1S/C19H25NO/c1-4-12-21-18-11-7-9-16(13-18)14-20-19-15(3)8-6-10-17(19)5-2/h6-11,13,20H,4-5,12,14H2,1-3H3. The van der Waals surface area contributed by atoms with Crippen LogP contribution in [0.2, 0.25) is 0 Å². The lowest BCUT2D eigenvalue weighted by Gasteiger charge is -2.14. The highest BCUT2D eigenvalue weighted by Crippen LogP contribution is 2.22. The number of para-hydroxylation sites is 1. The van der Waals surface area contributed by atoms with Gasteiger partial charge in [0.25, 0.3) is 0 Å². The molecule has 0 heterocycles. The minimum atomic E-state index is 0.772. The number of ether oxygens (including phenoxy) is 1. The van der Waals surface area contributed by atoms with E-state index in [-0.39, 0.29) is 0 Å². The smallest absolute Gasteiger partial charge is 0.119 e. The molecule has 0 aromatic heterocycles. The van der Waals surface area contributed by atoms with E-state index in [1.807, 2.05) is 6.07 Å². The van der Waals surface area contributed by atoms with Gasteiger partial charge < -0.3 is 10.1 Å². The van der Waals surface area contributed by atoms with Crippen LogP contribution in [0, 0.1) is 6.92 Å². The van der Waals surface area contributed by atoms with Crippen LogP contribution < -0.4 is 10.1 Å². The van der Waals surface area contributed by atoms with Gasteiger partial charge in [-0.1, -0.05) is 44.2 Å². The zero-order chi connectivity index (χ0) is 15.1. The van der Waals surface area contributed by atoms with Crippen molar-refractivity contribution in [3.63, 3.8) is 0 Å². The predicted octanol–water partition coefficient (Wildman–Crippen LogP) is 4.96. The maximum atomic E-state index is 5.69. The van der Waals surface area contributed by atoms with Gasteiger partial charge in [-0.15, -0.1) is 0 Å². The lowest BCUT2D eigenvalue weighted by atomic mass is 10.1. The fourth-order valence-corrected chi connectivity index (χ4v) is 2.43. The summed E-state index contributed by atoms with van der Waals surface area (Å²) in [6.45, 7) is 8.06. The SMILES string of the molecule is CCCOc1cccc(CNc2c(C)cccc2CC)c1. The molecule has 2 aromatic rings. The predicted molar refractivity (Wildman–Crippen MR) is 90.1 cm³/mol. The highest BCUT2D eigenvalue weighted by atomic mass is 16.5. The Labute approximate surface area is 128 Å². The van der Waals surface area contributed by atoms with Crippen molar-refractivity contribution in [3.05, 3.63) is 59.2 Å². The third-order valence-electron chi connectivity index (χ3n) is 3.58. The van der Waals surface area contributed by atoms with Gasteiger partial charge in [-0.25, -0.2) is 0 Å². The van der Waals surface area contributed by atoms with Crippen molar-refractivity contribution in [2.24, 2.45) is 0 Å². The van der Waals surface area contributed by atoms with Crippen LogP contribution in [0.5, 0.6) is 5.75 Å². The van der Waals surface area contributed by atoms with E-state index >= 15 is 0 Å². The molecular weight excluding hydrogens is 258 g/mol. The zero-order valence-electron chi connectivity index (χ0n) is 13.3. The maximum absolute atomic E-state index is 5.69. The molecule has 2 aromatic carbocycles. The van der Waals surface area contributed by atoms with E-state index in [1.54, 1.807) is 0 Å². The number of benzene rings is 2. The van der Waals surface area contributed by atoms with Crippen molar-refractivity contribution in [2.75, 3.05) is 11.9 Å². The molecule has 0 saturated heterocycles. The Morgan fingerprint density at radius 3 is 2.62 bits per heavy atom. The molecule has 0 spiro atoms. The third kappa shape index (κ3) is 4.25. The zero-order valence-corrected chi connectivity index (χ0v) is 13.3. The minimum Gasteiger partial charge on any atom is -0.494 e. The molecule has 0 unspecified atom stereocenters. The maximum Gasteiger partial charge on any atom is 0.119 e.